The van der Waals surface area contributed by atoms with Crippen LogP contribution in [0.4, 0.5) is 5.69 Å². The van der Waals surface area contributed by atoms with Gasteiger partial charge in [0.05, 0.1) is 0 Å². The van der Waals surface area contributed by atoms with Crippen molar-refractivity contribution in [3.8, 4) is 0 Å². The molecule has 0 bridgehead atoms. The number of carbonyl (C=O) groups is 1. The van der Waals surface area contributed by atoms with Gasteiger partial charge in [-0.05, 0) is 36.1 Å². The maximum absolute atomic E-state index is 11.4. The van der Waals surface area contributed by atoms with Gasteiger partial charge in [0.1, 0.15) is 0 Å². The van der Waals surface area contributed by atoms with E-state index in [1.807, 2.05) is 24.3 Å². The van der Waals surface area contributed by atoms with Crippen molar-refractivity contribution in [1.82, 2.24) is 5.32 Å². The molecule has 3 heteroatoms. The summed E-state index contributed by atoms with van der Waals surface area (Å²) < 4.78 is 0. The maximum Gasteiger partial charge on any atom is 0.243 e. The van der Waals surface area contributed by atoms with Crippen LogP contribution in [0.2, 0.25) is 0 Å². The maximum atomic E-state index is 11.4. The highest BCUT2D eigenvalue weighted by atomic mass is 16.1. The van der Waals surface area contributed by atoms with Crippen LogP contribution in [0.5, 0.6) is 0 Å². The summed E-state index contributed by atoms with van der Waals surface area (Å²) in [5.74, 6) is 0.554. The van der Waals surface area contributed by atoms with E-state index in [1.54, 1.807) is 12.2 Å². The highest BCUT2D eigenvalue weighted by Crippen LogP contribution is 2.06. The normalized spacial score (nSPS) is 11.0. The fourth-order valence-corrected chi connectivity index (χ4v) is 1.32. The summed E-state index contributed by atoms with van der Waals surface area (Å²) in [7, 11) is 0. The predicted octanol–water partition coefficient (Wildman–Crippen LogP) is 2.44. The van der Waals surface area contributed by atoms with Crippen LogP contribution in [0.3, 0.4) is 0 Å². The lowest BCUT2D eigenvalue weighted by Crippen LogP contribution is -2.23. The second-order valence-corrected chi connectivity index (χ2v) is 4.47. The van der Waals surface area contributed by atoms with Crippen LogP contribution in [0.25, 0.3) is 6.08 Å². The monoisotopic (exact) mass is 232 g/mol. The van der Waals surface area contributed by atoms with E-state index in [4.69, 9.17) is 5.73 Å². The molecule has 1 amide bonds. The molecule has 0 radical (unpaired) electrons. The SMILES string of the molecule is CC(C)CCNC(=O)/C=C/c1ccc(N)cc1. The lowest BCUT2D eigenvalue weighted by Gasteiger charge is -2.04. The van der Waals surface area contributed by atoms with Crippen LogP contribution in [0, 0.1) is 5.92 Å². The van der Waals surface area contributed by atoms with Gasteiger partial charge >= 0.3 is 0 Å². The standard InChI is InChI=1S/C14H20N2O/c1-11(2)9-10-16-14(17)8-5-12-3-6-13(15)7-4-12/h3-8,11H,9-10,15H2,1-2H3,(H,16,17)/b8-5+. The first-order valence-corrected chi connectivity index (χ1v) is 5.89. The average Bonchev–Trinajstić information content (AvgIpc) is 2.28. The molecule has 0 aliphatic rings. The van der Waals surface area contributed by atoms with Crippen LogP contribution < -0.4 is 11.1 Å². The van der Waals surface area contributed by atoms with E-state index < -0.39 is 0 Å². The quantitative estimate of drug-likeness (QED) is 0.605. The topological polar surface area (TPSA) is 55.1 Å². The van der Waals surface area contributed by atoms with Gasteiger partial charge in [-0.2, -0.15) is 0 Å². The zero-order valence-corrected chi connectivity index (χ0v) is 10.4. The fourth-order valence-electron chi connectivity index (χ4n) is 1.32. The molecule has 0 aromatic heterocycles. The molecule has 0 aliphatic carbocycles. The Morgan fingerprint density at radius 3 is 2.59 bits per heavy atom. The number of nitrogens with one attached hydrogen (secondary N) is 1. The third-order valence-corrected chi connectivity index (χ3v) is 2.38. The Kier molecular flexibility index (Phi) is 5.27. The Morgan fingerprint density at radius 2 is 2.00 bits per heavy atom. The minimum absolute atomic E-state index is 0.0533. The Balaban J connectivity index is 2.37. The van der Waals surface area contributed by atoms with Crippen LogP contribution in [-0.4, -0.2) is 12.5 Å². The summed E-state index contributed by atoms with van der Waals surface area (Å²) >= 11 is 0. The first-order chi connectivity index (χ1) is 8.08. The number of rotatable bonds is 5. The summed E-state index contributed by atoms with van der Waals surface area (Å²) in [6.45, 7) is 5.00. The summed E-state index contributed by atoms with van der Waals surface area (Å²) in [5, 5.41) is 2.85. The van der Waals surface area contributed by atoms with E-state index >= 15 is 0 Å². The molecule has 1 aromatic carbocycles. The van der Waals surface area contributed by atoms with E-state index in [-0.39, 0.29) is 5.91 Å². The molecule has 0 atom stereocenters. The first-order valence-electron chi connectivity index (χ1n) is 5.89. The summed E-state index contributed by atoms with van der Waals surface area (Å²) in [6, 6.07) is 7.40. The van der Waals surface area contributed by atoms with Crippen LogP contribution in [-0.2, 0) is 4.79 Å². The van der Waals surface area contributed by atoms with Gasteiger partial charge in [0.15, 0.2) is 0 Å². The van der Waals surface area contributed by atoms with E-state index in [0.29, 0.717) is 5.92 Å². The minimum Gasteiger partial charge on any atom is -0.399 e. The zero-order valence-electron chi connectivity index (χ0n) is 10.4. The van der Waals surface area contributed by atoms with E-state index in [2.05, 4.69) is 19.2 Å². The van der Waals surface area contributed by atoms with Crippen molar-refractivity contribution < 1.29 is 4.79 Å². The number of carbonyl (C=O) groups excluding carboxylic acids is 1. The number of hydrogen-bond donors (Lipinski definition) is 2. The minimum atomic E-state index is -0.0533. The molecular formula is C14H20N2O. The Morgan fingerprint density at radius 1 is 1.35 bits per heavy atom. The van der Waals surface area contributed by atoms with Crippen molar-refractivity contribution in [2.45, 2.75) is 20.3 Å². The van der Waals surface area contributed by atoms with Crippen molar-refractivity contribution in [3.63, 3.8) is 0 Å². The molecule has 92 valence electrons. The molecule has 0 saturated heterocycles. The van der Waals surface area contributed by atoms with Gasteiger partial charge in [-0.25, -0.2) is 0 Å². The van der Waals surface area contributed by atoms with E-state index in [0.717, 1.165) is 24.2 Å². The molecule has 3 nitrogen and oxygen atoms in total. The third-order valence-electron chi connectivity index (χ3n) is 2.38. The molecule has 0 spiro atoms. The summed E-state index contributed by atoms with van der Waals surface area (Å²) in [4.78, 5) is 11.4. The number of benzene rings is 1. The molecule has 0 fully saturated rings. The molecule has 1 aromatic rings. The number of nitrogen functional groups attached to an aromatic ring is 1. The molecule has 0 unspecified atom stereocenters. The van der Waals surface area contributed by atoms with Crippen molar-refractivity contribution in [2.75, 3.05) is 12.3 Å². The van der Waals surface area contributed by atoms with Crippen molar-refractivity contribution >= 4 is 17.7 Å². The van der Waals surface area contributed by atoms with Gasteiger partial charge < -0.3 is 11.1 Å². The average molecular weight is 232 g/mol. The highest BCUT2D eigenvalue weighted by molar-refractivity contribution is 5.91. The van der Waals surface area contributed by atoms with Gasteiger partial charge in [-0.3, -0.25) is 4.79 Å². The molecule has 0 aliphatic heterocycles. The predicted molar refractivity (Wildman–Crippen MR) is 72.4 cm³/mol. The van der Waals surface area contributed by atoms with Gasteiger partial charge in [0.25, 0.3) is 0 Å². The fraction of sp³-hybridized carbons (Fsp3) is 0.357. The third kappa shape index (κ3) is 5.76. The van der Waals surface area contributed by atoms with E-state index in [9.17, 15) is 4.79 Å². The van der Waals surface area contributed by atoms with Gasteiger partial charge in [-0.15, -0.1) is 0 Å². The van der Waals surface area contributed by atoms with Crippen molar-refractivity contribution in [2.24, 2.45) is 5.92 Å². The lowest BCUT2D eigenvalue weighted by atomic mass is 10.1. The number of amides is 1. The van der Waals surface area contributed by atoms with Crippen molar-refractivity contribution in [3.05, 3.63) is 35.9 Å². The molecule has 1 rings (SSSR count). The van der Waals surface area contributed by atoms with Crippen LogP contribution >= 0.6 is 0 Å². The molecule has 0 saturated carbocycles. The molecular weight excluding hydrogens is 212 g/mol. The van der Waals surface area contributed by atoms with Crippen LogP contribution in [0.15, 0.2) is 30.3 Å². The smallest absolute Gasteiger partial charge is 0.243 e. The lowest BCUT2D eigenvalue weighted by molar-refractivity contribution is -0.116. The molecule has 17 heavy (non-hydrogen) atoms. The van der Waals surface area contributed by atoms with Gasteiger partial charge in [-0.1, -0.05) is 26.0 Å². The largest absolute Gasteiger partial charge is 0.399 e. The zero-order chi connectivity index (χ0) is 12.7. The Bertz CT molecular complexity index is 380. The van der Waals surface area contributed by atoms with Crippen LogP contribution in [0.1, 0.15) is 25.8 Å². The van der Waals surface area contributed by atoms with Crippen molar-refractivity contribution in [1.29, 1.82) is 0 Å². The van der Waals surface area contributed by atoms with E-state index in [1.165, 1.54) is 0 Å². The number of anilines is 1. The molecule has 0 heterocycles. The number of hydrogen-bond acceptors (Lipinski definition) is 2. The first kappa shape index (κ1) is 13.3. The van der Waals surface area contributed by atoms with Gasteiger partial charge in [0, 0.05) is 18.3 Å². The number of nitrogens with two attached hydrogens (primary N) is 1. The Labute approximate surface area is 103 Å². The molecule has 3 N–H and O–H groups in total. The Hall–Kier alpha value is -1.77. The van der Waals surface area contributed by atoms with Gasteiger partial charge in [0.2, 0.25) is 5.91 Å². The second-order valence-electron chi connectivity index (χ2n) is 4.47. The summed E-state index contributed by atoms with van der Waals surface area (Å²) in [6.07, 6.45) is 4.33. The summed E-state index contributed by atoms with van der Waals surface area (Å²) in [5.41, 5.74) is 7.27. The second kappa shape index (κ2) is 6.74. The highest BCUT2D eigenvalue weighted by Gasteiger charge is 1.97.